The first kappa shape index (κ1) is 11.9. The van der Waals surface area contributed by atoms with Gasteiger partial charge in [-0.2, -0.15) is 0 Å². The molecular formula is C12H18N3O2+. The van der Waals surface area contributed by atoms with E-state index in [9.17, 15) is 4.79 Å². The number of nitrogens with zero attached hydrogens (tertiary/aromatic N) is 1. The maximum atomic E-state index is 11.9. The molecule has 0 unspecified atom stereocenters. The minimum atomic E-state index is -0.0916. The van der Waals surface area contributed by atoms with E-state index in [-0.39, 0.29) is 18.0 Å². The number of aromatic nitrogens is 1. The van der Waals surface area contributed by atoms with Crippen LogP contribution in [0.3, 0.4) is 0 Å². The van der Waals surface area contributed by atoms with Crippen LogP contribution >= 0.6 is 0 Å². The topological polar surface area (TPSA) is 79.2 Å². The highest BCUT2D eigenvalue weighted by atomic mass is 16.5. The molecule has 1 amide bonds. The summed E-state index contributed by atoms with van der Waals surface area (Å²) < 4.78 is 0.913. The molecule has 0 saturated heterocycles. The van der Waals surface area contributed by atoms with Crippen molar-refractivity contribution in [3.63, 3.8) is 0 Å². The van der Waals surface area contributed by atoms with Gasteiger partial charge in [-0.15, -0.1) is 0 Å². The van der Waals surface area contributed by atoms with Gasteiger partial charge < -0.3 is 11.1 Å². The Hall–Kier alpha value is -1.62. The molecule has 5 nitrogen and oxygen atoms in total. The Balaban J connectivity index is 1.91. The zero-order valence-corrected chi connectivity index (χ0v) is 9.67. The molecule has 2 rings (SSSR count). The number of amides is 1. The Morgan fingerprint density at radius 3 is 2.47 bits per heavy atom. The highest BCUT2D eigenvalue weighted by Crippen LogP contribution is 2.17. The minimum Gasteiger partial charge on any atom is -0.349 e. The molecule has 0 radical (unpaired) electrons. The van der Waals surface area contributed by atoms with E-state index in [1.54, 1.807) is 12.1 Å². The Morgan fingerprint density at radius 2 is 1.88 bits per heavy atom. The molecule has 17 heavy (non-hydrogen) atoms. The van der Waals surface area contributed by atoms with Crippen molar-refractivity contribution in [2.45, 2.75) is 37.8 Å². The zero-order chi connectivity index (χ0) is 12.3. The Morgan fingerprint density at radius 1 is 1.29 bits per heavy atom. The van der Waals surface area contributed by atoms with E-state index in [1.807, 2.05) is 0 Å². The van der Waals surface area contributed by atoms with Crippen LogP contribution < -0.4 is 15.8 Å². The Bertz CT molecular complexity index is 383. The predicted molar refractivity (Wildman–Crippen MR) is 61.5 cm³/mol. The van der Waals surface area contributed by atoms with Gasteiger partial charge in [-0.1, -0.05) is 0 Å². The van der Waals surface area contributed by atoms with Gasteiger partial charge in [0.1, 0.15) is 0 Å². The van der Waals surface area contributed by atoms with E-state index in [2.05, 4.69) is 5.32 Å². The van der Waals surface area contributed by atoms with Crippen LogP contribution in [-0.2, 0) is 0 Å². The first-order chi connectivity index (χ1) is 8.15. The van der Waals surface area contributed by atoms with Gasteiger partial charge in [0, 0.05) is 28.9 Å². The van der Waals surface area contributed by atoms with Crippen LogP contribution in [0, 0.1) is 0 Å². The monoisotopic (exact) mass is 236 g/mol. The van der Waals surface area contributed by atoms with Crippen LogP contribution in [0.5, 0.6) is 0 Å². The van der Waals surface area contributed by atoms with Crippen molar-refractivity contribution in [3.8, 4) is 0 Å². The fourth-order valence-electron chi connectivity index (χ4n) is 2.10. The largest absolute Gasteiger partial charge is 0.349 e. The third-order valence-corrected chi connectivity index (χ3v) is 3.18. The summed E-state index contributed by atoms with van der Waals surface area (Å²) in [5, 5.41) is 12.0. The zero-order valence-electron chi connectivity index (χ0n) is 9.67. The lowest BCUT2D eigenvalue weighted by molar-refractivity contribution is -0.904. The average Bonchev–Trinajstić information content (AvgIpc) is 2.33. The lowest BCUT2D eigenvalue weighted by Gasteiger charge is -2.26. The molecule has 0 spiro atoms. The maximum absolute atomic E-state index is 11.9. The van der Waals surface area contributed by atoms with Crippen molar-refractivity contribution in [1.29, 1.82) is 0 Å². The SMILES string of the molecule is NC1CCC(NC(=O)c2cc[n+](O)cc2)CC1. The summed E-state index contributed by atoms with van der Waals surface area (Å²) in [6.45, 7) is 0. The van der Waals surface area contributed by atoms with Gasteiger partial charge in [0.2, 0.25) is 12.4 Å². The molecule has 5 heteroatoms. The van der Waals surface area contributed by atoms with E-state index < -0.39 is 0 Å². The molecule has 1 aliphatic rings. The molecule has 0 atom stereocenters. The quantitative estimate of drug-likeness (QED) is 0.507. The fourth-order valence-corrected chi connectivity index (χ4v) is 2.10. The molecule has 92 valence electrons. The van der Waals surface area contributed by atoms with E-state index >= 15 is 0 Å². The standard InChI is InChI=1S/C12H17N3O2/c13-10-1-3-11(4-2-10)14-12(16)9-5-7-15(17)8-6-9/h5-8,10-11H,1-4,13H2,(H-,14,16,17)/p+1. The van der Waals surface area contributed by atoms with Gasteiger partial charge in [-0.05, 0) is 25.7 Å². The number of hydrogen-bond donors (Lipinski definition) is 3. The number of hydrogen-bond acceptors (Lipinski definition) is 3. The summed E-state index contributed by atoms with van der Waals surface area (Å²) >= 11 is 0. The number of nitrogens with two attached hydrogens (primary N) is 1. The van der Waals surface area contributed by atoms with Gasteiger partial charge in [0.25, 0.3) is 5.91 Å². The summed E-state index contributed by atoms with van der Waals surface area (Å²) in [5.74, 6) is -0.0916. The van der Waals surface area contributed by atoms with Gasteiger partial charge >= 0.3 is 0 Å². The van der Waals surface area contributed by atoms with Crippen molar-refractivity contribution in [3.05, 3.63) is 30.1 Å². The highest BCUT2D eigenvalue weighted by molar-refractivity contribution is 5.94. The summed E-state index contributed by atoms with van der Waals surface area (Å²) in [4.78, 5) is 11.9. The second-order valence-electron chi connectivity index (χ2n) is 4.55. The Labute approximate surface area is 100 Å². The van der Waals surface area contributed by atoms with E-state index in [0.29, 0.717) is 5.56 Å². The Kier molecular flexibility index (Phi) is 3.58. The van der Waals surface area contributed by atoms with Crippen LogP contribution in [0.25, 0.3) is 0 Å². The van der Waals surface area contributed by atoms with Crippen LogP contribution in [0.2, 0.25) is 0 Å². The van der Waals surface area contributed by atoms with Crippen LogP contribution in [0.15, 0.2) is 24.5 Å². The number of pyridine rings is 1. The lowest BCUT2D eigenvalue weighted by Crippen LogP contribution is -2.40. The number of carbonyl (C=O) groups is 1. The predicted octanol–water partition coefficient (Wildman–Crippen LogP) is 0.211. The molecule has 0 bridgehead atoms. The van der Waals surface area contributed by atoms with Gasteiger partial charge in [0.15, 0.2) is 0 Å². The van der Waals surface area contributed by atoms with Crippen molar-refractivity contribution < 1.29 is 14.7 Å². The third kappa shape index (κ3) is 3.17. The van der Waals surface area contributed by atoms with E-state index in [1.165, 1.54) is 12.4 Å². The van der Waals surface area contributed by atoms with Crippen molar-refractivity contribution in [1.82, 2.24) is 5.32 Å². The van der Waals surface area contributed by atoms with Crippen LogP contribution in [0.4, 0.5) is 0 Å². The third-order valence-electron chi connectivity index (χ3n) is 3.18. The van der Waals surface area contributed by atoms with Gasteiger partial charge in [-0.25, -0.2) is 0 Å². The second-order valence-corrected chi connectivity index (χ2v) is 4.55. The van der Waals surface area contributed by atoms with Crippen molar-refractivity contribution in [2.75, 3.05) is 0 Å². The number of carbonyl (C=O) groups excluding carboxylic acids is 1. The molecule has 1 aromatic rings. The van der Waals surface area contributed by atoms with Crippen molar-refractivity contribution >= 4 is 5.91 Å². The highest BCUT2D eigenvalue weighted by Gasteiger charge is 2.20. The van der Waals surface area contributed by atoms with Gasteiger partial charge in [0.05, 0.1) is 5.56 Å². The summed E-state index contributed by atoms with van der Waals surface area (Å²) in [5.41, 5.74) is 6.37. The maximum Gasteiger partial charge on any atom is 0.251 e. The summed E-state index contributed by atoms with van der Waals surface area (Å²) in [6, 6.07) is 3.69. The van der Waals surface area contributed by atoms with E-state index in [0.717, 1.165) is 30.4 Å². The molecular weight excluding hydrogens is 218 g/mol. The molecule has 0 aliphatic heterocycles. The van der Waals surface area contributed by atoms with Crippen molar-refractivity contribution in [2.24, 2.45) is 5.73 Å². The van der Waals surface area contributed by atoms with E-state index in [4.69, 9.17) is 10.9 Å². The molecule has 1 fully saturated rings. The van der Waals surface area contributed by atoms with Crippen LogP contribution in [0.1, 0.15) is 36.0 Å². The van der Waals surface area contributed by atoms with Crippen LogP contribution in [-0.4, -0.2) is 23.2 Å². The number of nitrogens with one attached hydrogen (secondary N) is 1. The van der Waals surface area contributed by atoms with Gasteiger partial charge in [-0.3, -0.25) is 10.0 Å². The lowest BCUT2D eigenvalue weighted by atomic mass is 9.91. The summed E-state index contributed by atoms with van der Waals surface area (Å²) in [6.07, 6.45) is 6.70. The first-order valence-corrected chi connectivity index (χ1v) is 5.92. The second kappa shape index (κ2) is 5.14. The first-order valence-electron chi connectivity index (χ1n) is 5.92. The normalized spacial score (nSPS) is 24.3. The number of rotatable bonds is 2. The molecule has 1 aliphatic carbocycles. The molecule has 4 N–H and O–H groups in total. The molecule has 1 saturated carbocycles. The summed E-state index contributed by atoms with van der Waals surface area (Å²) in [7, 11) is 0. The fraction of sp³-hybridized carbons (Fsp3) is 0.500. The average molecular weight is 236 g/mol. The smallest absolute Gasteiger partial charge is 0.251 e. The molecule has 1 heterocycles. The molecule has 1 aromatic heterocycles. The minimum absolute atomic E-state index is 0.0916. The molecule has 0 aromatic carbocycles.